The van der Waals surface area contributed by atoms with Gasteiger partial charge < -0.3 is 5.32 Å². The highest BCUT2D eigenvalue weighted by Gasteiger charge is 2.25. The molecule has 0 saturated heterocycles. The topological polar surface area (TPSA) is 70.1 Å². The van der Waals surface area contributed by atoms with Gasteiger partial charge in [0.05, 0.1) is 5.69 Å². The molecule has 1 amide bonds. The lowest BCUT2D eigenvalue weighted by atomic mass is 10.3. The molecule has 1 aromatic rings. The Morgan fingerprint density at radius 1 is 1.56 bits per heavy atom. The van der Waals surface area contributed by atoms with Crippen molar-refractivity contribution in [1.29, 1.82) is 0 Å². The molecule has 0 spiro atoms. The molecule has 6 heteroatoms. The highest BCUT2D eigenvalue weighted by molar-refractivity contribution is 8.14. The first-order valence-corrected chi connectivity index (χ1v) is 6.35. The zero-order chi connectivity index (χ0) is 11.0. The van der Waals surface area contributed by atoms with Crippen molar-refractivity contribution in [3.63, 3.8) is 0 Å². The Balaban J connectivity index is 1.73. The van der Waals surface area contributed by atoms with E-state index in [1.54, 1.807) is 17.8 Å². The molecule has 1 saturated carbocycles. The van der Waals surface area contributed by atoms with E-state index < -0.39 is 0 Å². The maximum absolute atomic E-state index is 11.7. The molecule has 0 unspecified atom stereocenters. The van der Waals surface area contributed by atoms with Gasteiger partial charge in [-0.2, -0.15) is 5.10 Å². The molecular weight excluding hydrogens is 224 g/mol. The van der Waals surface area contributed by atoms with E-state index in [4.69, 9.17) is 0 Å². The quantitative estimate of drug-likeness (QED) is 0.815. The van der Waals surface area contributed by atoms with Crippen molar-refractivity contribution < 1.29 is 4.79 Å². The molecule has 2 heterocycles. The van der Waals surface area contributed by atoms with Crippen molar-refractivity contribution in [2.45, 2.75) is 18.9 Å². The fraction of sp³-hybridized carbons (Fsp3) is 0.500. The third kappa shape index (κ3) is 1.97. The zero-order valence-corrected chi connectivity index (χ0v) is 9.51. The number of rotatable bonds is 3. The number of thioether (sulfide) groups is 1. The maximum Gasteiger partial charge on any atom is 0.272 e. The molecule has 84 valence electrons. The number of aliphatic imine (C=N–C) groups is 1. The molecule has 1 aliphatic heterocycles. The van der Waals surface area contributed by atoms with Crippen LogP contribution in [0.4, 0.5) is 0 Å². The van der Waals surface area contributed by atoms with Crippen LogP contribution in [0.2, 0.25) is 0 Å². The molecule has 1 aromatic heterocycles. The van der Waals surface area contributed by atoms with Crippen molar-refractivity contribution in [1.82, 2.24) is 15.5 Å². The minimum Gasteiger partial charge on any atom is -0.348 e. The fourth-order valence-corrected chi connectivity index (χ4v) is 2.35. The predicted octanol–water partition coefficient (Wildman–Crippen LogP) is 0.795. The summed E-state index contributed by atoms with van der Waals surface area (Å²) in [5, 5.41) is 10.7. The summed E-state index contributed by atoms with van der Waals surface area (Å²) in [6.07, 6.45) is 2.18. The second-order valence-corrected chi connectivity index (χ2v) is 5.03. The standard InChI is InChI=1S/C10H12N4OS/c15-9(12-6-1-2-6)7-5-8(14-13-7)10-11-3-4-16-10/h5-6H,1-4H2,(H,12,15)(H,13,14). The van der Waals surface area contributed by atoms with Gasteiger partial charge in [-0.1, -0.05) is 0 Å². The summed E-state index contributed by atoms with van der Waals surface area (Å²) in [4.78, 5) is 16.0. The highest BCUT2D eigenvalue weighted by atomic mass is 32.2. The van der Waals surface area contributed by atoms with E-state index >= 15 is 0 Å². The highest BCUT2D eigenvalue weighted by Crippen LogP contribution is 2.20. The first-order chi connectivity index (χ1) is 7.83. The molecule has 5 nitrogen and oxygen atoms in total. The van der Waals surface area contributed by atoms with Gasteiger partial charge in [0, 0.05) is 18.3 Å². The number of aromatic nitrogens is 2. The van der Waals surface area contributed by atoms with Crippen molar-refractivity contribution in [3.05, 3.63) is 17.5 Å². The van der Waals surface area contributed by atoms with Gasteiger partial charge in [-0.15, -0.1) is 11.8 Å². The minimum absolute atomic E-state index is 0.0893. The predicted molar refractivity (Wildman–Crippen MR) is 62.9 cm³/mol. The second kappa shape index (κ2) is 3.93. The van der Waals surface area contributed by atoms with E-state index in [-0.39, 0.29) is 5.91 Å². The number of aromatic amines is 1. The van der Waals surface area contributed by atoms with E-state index in [0.29, 0.717) is 11.7 Å². The number of carbonyl (C=O) groups is 1. The lowest BCUT2D eigenvalue weighted by molar-refractivity contribution is 0.0946. The SMILES string of the molecule is O=C(NC1CC1)c1cc(C2=NCCS2)[nH]n1. The molecular formula is C10H12N4OS. The first-order valence-electron chi connectivity index (χ1n) is 5.37. The average molecular weight is 236 g/mol. The van der Waals surface area contributed by atoms with E-state index in [2.05, 4.69) is 20.5 Å². The van der Waals surface area contributed by atoms with E-state index in [0.717, 1.165) is 35.9 Å². The van der Waals surface area contributed by atoms with Crippen molar-refractivity contribution in [2.75, 3.05) is 12.3 Å². The summed E-state index contributed by atoms with van der Waals surface area (Å²) in [6, 6.07) is 2.14. The third-order valence-corrected chi connectivity index (χ3v) is 3.55. The van der Waals surface area contributed by atoms with Gasteiger partial charge >= 0.3 is 0 Å². The van der Waals surface area contributed by atoms with Crippen LogP contribution in [0.25, 0.3) is 0 Å². The number of hydrogen-bond acceptors (Lipinski definition) is 4. The Morgan fingerprint density at radius 3 is 3.12 bits per heavy atom. The van der Waals surface area contributed by atoms with Crippen LogP contribution >= 0.6 is 11.8 Å². The Kier molecular flexibility index (Phi) is 2.43. The molecule has 16 heavy (non-hydrogen) atoms. The number of nitrogens with one attached hydrogen (secondary N) is 2. The van der Waals surface area contributed by atoms with Crippen LogP contribution in [0.3, 0.4) is 0 Å². The molecule has 0 aromatic carbocycles. The first kappa shape index (κ1) is 9.89. The largest absolute Gasteiger partial charge is 0.348 e. The molecule has 0 bridgehead atoms. The van der Waals surface area contributed by atoms with Gasteiger partial charge in [0.2, 0.25) is 0 Å². The Bertz CT molecular complexity index is 449. The van der Waals surface area contributed by atoms with Crippen LogP contribution in [0.15, 0.2) is 11.1 Å². The molecule has 0 atom stereocenters. The lowest BCUT2D eigenvalue weighted by Gasteiger charge is -1.97. The molecule has 3 rings (SSSR count). The second-order valence-electron chi connectivity index (χ2n) is 3.95. The van der Waals surface area contributed by atoms with Gasteiger partial charge in [-0.25, -0.2) is 0 Å². The van der Waals surface area contributed by atoms with Gasteiger partial charge in [-0.05, 0) is 18.9 Å². The third-order valence-electron chi connectivity index (χ3n) is 2.54. The van der Waals surface area contributed by atoms with E-state index in [1.807, 2.05) is 0 Å². The van der Waals surface area contributed by atoms with Crippen LogP contribution in [-0.4, -0.2) is 39.5 Å². The summed E-state index contributed by atoms with van der Waals surface area (Å²) in [5.74, 6) is 0.923. The van der Waals surface area contributed by atoms with Crippen LogP contribution in [0, 0.1) is 0 Å². The summed E-state index contributed by atoms with van der Waals surface area (Å²) in [5.41, 5.74) is 1.31. The van der Waals surface area contributed by atoms with Gasteiger partial charge in [0.1, 0.15) is 5.04 Å². The molecule has 0 radical (unpaired) electrons. The number of H-pyrrole nitrogens is 1. The van der Waals surface area contributed by atoms with Crippen molar-refractivity contribution in [2.24, 2.45) is 4.99 Å². The molecule has 2 N–H and O–H groups in total. The maximum atomic E-state index is 11.7. The van der Waals surface area contributed by atoms with Gasteiger partial charge in [-0.3, -0.25) is 14.9 Å². The normalized spacial score (nSPS) is 19.6. The average Bonchev–Trinajstić information content (AvgIpc) is 2.84. The smallest absolute Gasteiger partial charge is 0.272 e. The van der Waals surface area contributed by atoms with E-state index in [9.17, 15) is 4.79 Å². The van der Waals surface area contributed by atoms with Crippen LogP contribution in [0.5, 0.6) is 0 Å². The Labute approximate surface area is 97.1 Å². The summed E-state index contributed by atoms with van der Waals surface area (Å²) in [6.45, 7) is 0.850. The van der Waals surface area contributed by atoms with Crippen molar-refractivity contribution in [3.8, 4) is 0 Å². The monoisotopic (exact) mass is 236 g/mol. The molecule has 2 aliphatic rings. The number of carbonyl (C=O) groups excluding carboxylic acids is 1. The summed E-state index contributed by atoms with van der Waals surface area (Å²) < 4.78 is 0. The summed E-state index contributed by atoms with van der Waals surface area (Å²) >= 11 is 1.69. The van der Waals surface area contributed by atoms with E-state index in [1.165, 1.54) is 0 Å². The minimum atomic E-state index is -0.0893. The lowest BCUT2D eigenvalue weighted by Crippen LogP contribution is -2.25. The van der Waals surface area contributed by atoms with Gasteiger partial charge in [0.25, 0.3) is 5.91 Å². The number of hydrogen-bond donors (Lipinski definition) is 2. The number of amides is 1. The zero-order valence-electron chi connectivity index (χ0n) is 8.69. The van der Waals surface area contributed by atoms with Gasteiger partial charge in [0.15, 0.2) is 5.69 Å². The molecule has 1 fully saturated rings. The van der Waals surface area contributed by atoms with Crippen LogP contribution in [0.1, 0.15) is 29.0 Å². The van der Waals surface area contributed by atoms with Crippen LogP contribution < -0.4 is 5.32 Å². The number of nitrogens with zero attached hydrogens (tertiary/aromatic N) is 2. The van der Waals surface area contributed by atoms with Crippen molar-refractivity contribution >= 4 is 22.7 Å². The molecule has 1 aliphatic carbocycles. The fourth-order valence-electron chi connectivity index (χ4n) is 1.53. The Morgan fingerprint density at radius 2 is 2.44 bits per heavy atom. The van der Waals surface area contributed by atoms with Crippen LogP contribution in [-0.2, 0) is 0 Å². The summed E-state index contributed by atoms with van der Waals surface area (Å²) in [7, 11) is 0. The Hall–Kier alpha value is -1.30.